The lowest BCUT2D eigenvalue weighted by Crippen LogP contribution is -2.41. The zero-order valence-corrected chi connectivity index (χ0v) is 17.6. The molecule has 0 atom stereocenters. The maximum atomic E-state index is 11.5. The minimum absolute atomic E-state index is 0.0838. The number of rotatable bonds is 4. The molecule has 1 amide bonds. The fourth-order valence-electron chi connectivity index (χ4n) is 3.59. The number of benzene rings is 2. The molecular weight excluding hydrogens is 363 g/mol. The van der Waals surface area contributed by atoms with E-state index in [0.29, 0.717) is 6.54 Å². The van der Waals surface area contributed by atoms with Crippen molar-refractivity contribution in [1.82, 2.24) is 10.3 Å². The SMILES string of the molecule is CC(=O)NCC(=Cc1ccc2[nH]c3ccccc3c2c1)B1OC(C)(C)C(C)(C)O1. The number of amides is 1. The van der Waals surface area contributed by atoms with E-state index in [4.69, 9.17) is 9.31 Å². The maximum Gasteiger partial charge on any atom is 0.492 e. The van der Waals surface area contributed by atoms with Gasteiger partial charge in [-0.2, -0.15) is 0 Å². The molecule has 4 rings (SSSR count). The highest BCUT2D eigenvalue weighted by Crippen LogP contribution is 2.39. The molecule has 0 saturated carbocycles. The topological polar surface area (TPSA) is 63.4 Å². The molecular formula is C23H27BN2O3. The van der Waals surface area contributed by atoms with Gasteiger partial charge in [0.05, 0.1) is 11.2 Å². The van der Waals surface area contributed by atoms with Gasteiger partial charge < -0.3 is 19.6 Å². The minimum Gasteiger partial charge on any atom is -0.400 e. The van der Waals surface area contributed by atoms with E-state index in [1.54, 1.807) is 0 Å². The summed E-state index contributed by atoms with van der Waals surface area (Å²) >= 11 is 0. The molecule has 1 fully saturated rings. The fraction of sp³-hybridized carbons (Fsp3) is 0.348. The van der Waals surface area contributed by atoms with Crippen molar-refractivity contribution in [3.63, 3.8) is 0 Å². The number of aromatic amines is 1. The Kier molecular flexibility index (Phi) is 4.79. The van der Waals surface area contributed by atoms with Crippen LogP contribution in [0, 0.1) is 0 Å². The molecule has 2 heterocycles. The molecule has 0 aliphatic carbocycles. The third-order valence-electron chi connectivity index (χ3n) is 5.98. The number of carbonyl (C=O) groups excluding carboxylic acids is 1. The van der Waals surface area contributed by atoms with Crippen LogP contribution in [-0.4, -0.2) is 35.8 Å². The molecule has 0 spiro atoms. The van der Waals surface area contributed by atoms with Crippen molar-refractivity contribution in [1.29, 1.82) is 0 Å². The first-order valence-corrected chi connectivity index (χ1v) is 9.97. The van der Waals surface area contributed by atoms with Crippen LogP contribution in [0.25, 0.3) is 27.9 Å². The third kappa shape index (κ3) is 3.70. The number of nitrogens with one attached hydrogen (secondary N) is 2. The van der Waals surface area contributed by atoms with E-state index >= 15 is 0 Å². The summed E-state index contributed by atoms with van der Waals surface area (Å²) in [5, 5.41) is 5.25. The zero-order chi connectivity index (χ0) is 20.8. The van der Waals surface area contributed by atoms with Crippen molar-refractivity contribution < 1.29 is 14.1 Å². The van der Waals surface area contributed by atoms with Gasteiger partial charge in [-0.1, -0.05) is 30.3 Å². The summed E-state index contributed by atoms with van der Waals surface area (Å²) in [6, 6.07) is 14.6. The fourth-order valence-corrected chi connectivity index (χ4v) is 3.59. The quantitative estimate of drug-likeness (QED) is 0.646. The molecule has 0 unspecified atom stereocenters. The van der Waals surface area contributed by atoms with E-state index in [2.05, 4.69) is 46.7 Å². The molecule has 1 saturated heterocycles. The molecule has 5 nitrogen and oxygen atoms in total. The second-order valence-corrected chi connectivity index (χ2v) is 8.69. The van der Waals surface area contributed by atoms with E-state index in [0.717, 1.165) is 22.1 Å². The van der Waals surface area contributed by atoms with Gasteiger partial charge in [-0.3, -0.25) is 4.79 Å². The van der Waals surface area contributed by atoms with E-state index < -0.39 is 18.3 Å². The molecule has 1 aromatic heterocycles. The van der Waals surface area contributed by atoms with Crippen molar-refractivity contribution in [2.24, 2.45) is 0 Å². The van der Waals surface area contributed by atoms with Crippen molar-refractivity contribution in [2.75, 3.05) is 6.54 Å². The van der Waals surface area contributed by atoms with E-state index in [1.807, 2.05) is 39.8 Å². The highest BCUT2D eigenvalue weighted by atomic mass is 16.7. The number of H-pyrrole nitrogens is 1. The van der Waals surface area contributed by atoms with Crippen molar-refractivity contribution in [3.05, 3.63) is 53.5 Å². The number of hydrogen-bond donors (Lipinski definition) is 2. The van der Waals surface area contributed by atoms with Gasteiger partial charge in [0.25, 0.3) is 0 Å². The Morgan fingerprint density at radius 1 is 1.03 bits per heavy atom. The molecule has 0 radical (unpaired) electrons. The van der Waals surface area contributed by atoms with E-state index in [1.165, 1.54) is 17.7 Å². The first-order chi connectivity index (χ1) is 13.7. The van der Waals surface area contributed by atoms with Crippen LogP contribution in [0.3, 0.4) is 0 Å². The van der Waals surface area contributed by atoms with Crippen molar-refractivity contribution in [2.45, 2.75) is 45.8 Å². The Bertz CT molecular complexity index is 1100. The van der Waals surface area contributed by atoms with Gasteiger partial charge in [0, 0.05) is 35.3 Å². The van der Waals surface area contributed by atoms with Crippen LogP contribution in [-0.2, 0) is 14.1 Å². The first-order valence-electron chi connectivity index (χ1n) is 9.97. The summed E-state index contributed by atoms with van der Waals surface area (Å²) in [6.07, 6.45) is 2.05. The normalized spacial score (nSPS) is 18.5. The molecule has 6 heteroatoms. The largest absolute Gasteiger partial charge is 0.492 e. The van der Waals surface area contributed by atoms with Gasteiger partial charge in [0.15, 0.2) is 0 Å². The Morgan fingerprint density at radius 3 is 2.38 bits per heavy atom. The summed E-state index contributed by atoms with van der Waals surface area (Å²) in [4.78, 5) is 15.0. The number of carbonyl (C=O) groups is 1. The lowest BCUT2D eigenvalue weighted by Gasteiger charge is -2.32. The maximum absolute atomic E-state index is 11.5. The van der Waals surface area contributed by atoms with Crippen LogP contribution >= 0.6 is 0 Å². The van der Waals surface area contributed by atoms with Crippen LogP contribution in [0.15, 0.2) is 47.9 Å². The molecule has 1 aliphatic heterocycles. The Hall–Kier alpha value is -2.57. The second-order valence-electron chi connectivity index (χ2n) is 8.69. The van der Waals surface area contributed by atoms with Gasteiger partial charge >= 0.3 is 7.12 Å². The van der Waals surface area contributed by atoms with E-state index in [-0.39, 0.29) is 5.91 Å². The summed E-state index contributed by atoms with van der Waals surface area (Å²) in [5.41, 5.74) is 3.27. The number of aromatic nitrogens is 1. The Morgan fingerprint density at radius 2 is 1.69 bits per heavy atom. The third-order valence-corrected chi connectivity index (χ3v) is 5.98. The van der Waals surface area contributed by atoms with Crippen LogP contribution in [0.1, 0.15) is 40.2 Å². The van der Waals surface area contributed by atoms with Gasteiger partial charge in [-0.05, 0) is 56.9 Å². The zero-order valence-electron chi connectivity index (χ0n) is 17.6. The summed E-state index contributed by atoms with van der Waals surface area (Å²) in [7, 11) is -0.509. The van der Waals surface area contributed by atoms with Gasteiger partial charge in [0.1, 0.15) is 0 Å². The first kappa shape index (κ1) is 19.7. The smallest absolute Gasteiger partial charge is 0.400 e. The predicted molar refractivity (Wildman–Crippen MR) is 119 cm³/mol. The average Bonchev–Trinajstić information content (AvgIpc) is 3.11. The molecule has 1 aliphatic rings. The van der Waals surface area contributed by atoms with Gasteiger partial charge in [-0.25, -0.2) is 0 Å². The van der Waals surface area contributed by atoms with Crippen LogP contribution in [0.5, 0.6) is 0 Å². The molecule has 2 N–H and O–H groups in total. The van der Waals surface area contributed by atoms with E-state index in [9.17, 15) is 4.79 Å². The van der Waals surface area contributed by atoms with Crippen molar-refractivity contribution in [3.8, 4) is 0 Å². The van der Waals surface area contributed by atoms with Gasteiger partial charge in [-0.15, -0.1) is 0 Å². The second kappa shape index (κ2) is 7.04. The van der Waals surface area contributed by atoms with Crippen LogP contribution in [0.4, 0.5) is 0 Å². The standard InChI is InChI=1S/C23H27BN2O3/c1-15(27)25-14-17(24-28-22(2,3)23(4,5)29-24)12-16-10-11-21-19(13-16)18-8-6-7-9-20(18)26-21/h6-13,26H,14H2,1-5H3,(H,25,27). The summed E-state index contributed by atoms with van der Waals surface area (Å²) in [6.45, 7) is 10.0. The van der Waals surface area contributed by atoms with Crippen LogP contribution in [0.2, 0.25) is 0 Å². The molecule has 29 heavy (non-hydrogen) atoms. The Labute approximate surface area is 171 Å². The Balaban J connectivity index is 1.74. The lowest BCUT2D eigenvalue weighted by atomic mass is 9.77. The monoisotopic (exact) mass is 390 g/mol. The number of para-hydroxylation sites is 1. The number of hydrogen-bond acceptors (Lipinski definition) is 3. The highest BCUT2D eigenvalue weighted by Gasteiger charge is 2.52. The number of fused-ring (bicyclic) bond motifs is 3. The lowest BCUT2D eigenvalue weighted by molar-refractivity contribution is -0.118. The molecule has 0 bridgehead atoms. The average molecular weight is 390 g/mol. The highest BCUT2D eigenvalue weighted by molar-refractivity contribution is 6.56. The minimum atomic E-state index is -0.509. The predicted octanol–water partition coefficient (Wildman–Crippen LogP) is 4.47. The van der Waals surface area contributed by atoms with Gasteiger partial charge in [0.2, 0.25) is 5.91 Å². The van der Waals surface area contributed by atoms with Crippen molar-refractivity contribution >= 4 is 40.9 Å². The summed E-state index contributed by atoms with van der Waals surface area (Å²) in [5.74, 6) is -0.0838. The molecule has 3 aromatic rings. The summed E-state index contributed by atoms with van der Waals surface area (Å²) < 4.78 is 12.5. The molecule has 150 valence electrons. The molecule has 2 aromatic carbocycles. The van der Waals surface area contributed by atoms with Crippen LogP contribution < -0.4 is 5.32 Å².